The molecule has 2 heterocycles. The molecule has 0 aliphatic carbocycles. The first-order valence-electron chi connectivity index (χ1n) is 8.03. The summed E-state index contributed by atoms with van der Waals surface area (Å²) in [5, 5.41) is 2.92. The largest absolute Gasteiger partial charge is 0.315 e. The molecule has 0 aromatic carbocycles. The van der Waals surface area contributed by atoms with Crippen LogP contribution >= 0.6 is 0 Å². The van der Waals surface area contributed by atoms with Crippen LogP contribution in [0, 0.1) is 0 Å². The lowest BCUT2D eigenvalue weighted by atomic mass is 10.0. The zero-order valence-corrected chi connectivity index (χ0v) is 13.4. The topological polar surface area (TPSA) is 61.4 Å². The Kier molecular flexibility index (Phi) is 6.26. The maximum atomic E-state index is 12.1. The number of sulfonamides is 1. The molecule has 20 heavy (non-hydrogen) atoms. The van der Waals surface area contributed by atoms with E-state index in [1.807, 2.05) is 0 Å². The van der Waals surface area contributed by atoms with E-state index in [0.717, 1.165) is 32.4 Å². The molecule has 0 bridgehead atoms. The smallest absolute Gasteiger partial charge is 0.215 e. The maximum absolute atomic E-state index is 12.1. The van der Waals surface area contributed by atoms with E-state index in [9.17, 15) is 8.42 Å². The highest BCUT2D eigenvalue weighted by Crippen LogP contribution is 2.16. The summed E-state index contributed by atoms with van der Waals surface area (Å²) >= 11 is 0. The lowest BCUT2D eigenvalue weighted by Crippen LogP contribution is -2.45. The second-order valence-electron chi connectivity index (χ2n) is 6.14. The molecule has 118 valence electrons. The van der Waals surface area contributed by atoms with E-state index < -0.39 is 10.0 Å². The highest BCUT2D eigenvalue weighted by atomic mass is 32.2. The average molecular weight is 303 g/mol. The molecule has 2 rings (SSSR count). The number of hydrogen-bond donors (Lipinski definition) is 2. The minimum Gasteiger partial charge on any atom is -0.315 e. The quantitative estimate of drug-likeness (QED) is 0.717. The van der Waals surface area contributed by atoms with Gasteiger partial charge in [-0.25, -0.2) is 13.1 Å². The summed E-state index contributed by atoms with van der Waals surface area (Å²) in [7, 11) is -3.13. The first kappa shape index (κ1) is 16.2. The number of rotatable bonds is 6. The van der Waals surface area contributed by atoms with Crippen LogP contribution in [-0.2, 0) is 10.0 Å². The third-order valence-corrected chi connectivity index (χ3v) is 6.44. The number of nitrogens with one attached hydrogen (secondary N) is 2. The van der Waals surface area contributed by atoms with Crippen LogP contribution in [0.2, 0.25) is 0 Å². The number of piperidine rings is 2. The molecule has 2 saturated heterocycles. The van der Waals surface area contributed by atoms with Crippen LogP contribution in [0.5, 0.6) is 0 Å². The summed E-state index contributed by atoms with van der Waals surface area (Å²) in [4.78, 5) is 2.49. The van der Waals surface area contributed by atoms with Gasteiger partial charge in [0.05, 0.1) is 5.25 Å². The maximum Gasteiger partial charge on any atom is 0.215 e. The van der Waals surface area contributed by atoms with E-state index in [0.29, 0.717) is 19.1 Å². The number of nitrogens with zero attached hydrogens (tertiary/aromatic N) is 1. The van der Waals surface area contributed by atoms with Crippen molar-refractivity contribution < 1.29 is 8.42 Å². The minimum atomic E-state index is -3.13. The molecule has 2 aliphatic heterocycles. The van der Waals surface area contributed by atoms with Gasteiger partial charge < -0.3 is 10.2 Å². The molecular weight excluding hydrogens is 274 g/mol. The predicted molar refractivity (Wildman–Crippen MR) is 82.3 cm³/mol. The van der Waals surface area contributed by atoms with Crippen molar-refractivity contribution in [2.24, 2.45) is 0 Å². The summed E-state index contributed by atoms with van der Waals surface area (Å²) < 4.78 is 27.1. The molecule has 6 heteroatoms. The van der Waals surface area contributed by atoms with Gasteiger partial charge >= 0.3 is 0 Å². The van der Waals surface area contributed by atoms with Gasteiger partial charge in [-0.15, -0.1) is 0 Å². The summed E-state index contributed by atoms with van der Waals surface area (Å²) in [5.74, 6) is 0. The van der Waals surface area contributed by atoms with E-state index in [-0.39, 0.29) is 5.25 Å². The molecule has 5 nitrogen and oxygen atoms in total. The van der Waals surface area contributed by atoms with Crippen LogP contribution in [0.3, 0.4) is 0 Å². The molecule has 2 aliphatic rings. The van der Waals surface area contributed by atoms with Gasteiger partial charge in [-0.3, -0.25) is 0 Å². The lowest BCUT2D eigenvalue weighted by Gasteiger charge is -2.33. The molecule has 2 unspecified atom stereocenters. The van der Waals surface area contributed by atoms with E-state index >= 15 is 0 Å². The van der Waals surface area contributed by atoms with Gasteiger partial charge in [0, 0.05) is 19.1 Å². The Morgan fingerprint density at radius 3 is 2.80 bits per heavy atom. The molecular formula is C14H29N3O2S. The summed E-state index contributed by atoms with van der Waals surface area (Å²) in [5.41, 5.74) is 0. The van der Waals surface area contributed by atoms with Crippen molar-refractivity contribution in [1.29, 1.82) is 0 Å². The molecule has 0 saturated carbocycles. The van der Waals surface area contributed by atoms with Crippen LogP contribution < -0.4 is 10.0 Å². The second kappa shape index (κ2) is 7.73. The molecule has 0 spiro atoms. The first-order valence-corrected chi connectivity index (χ1v) is 9.57. The number of hydrogen-bond acceptors (Lipinski definition) is 4. The standard InChI is InChI=1S/C14H29N3O2S/c1-13-6-2-3-10-17(13)11-5-9-16-20(18,19)14-7-4-8-15-12-14/h13-16H,2-12H2,1H3. The van der Waals surface area contributed by atoms with Crippen LogP contribution in [0.4, 0.5) is 0 Å². The average Bonchev–Trinajstić information content (AvgIpc) is 2.46. The lowest BCUT2D eigenvalue weighted by molar-refractivity contribution is 0.159. The van der Waals surface area contributed by atoms with Gasteiger partial charge in [-0.1, -0.05) is 6.42 Å². The Morgan fingerprint density at radius 1 is 1.25 bits per heavy atom. The molecule has 0 radical (unpaired) electrons. The highest BCUT2D eigenvalue weighted by molar-refractivity contribution is 7.90. The summed E-state index contributed by atoms with van der Waals surface area (Å²) in [6.45, 7) is 6.56. The number of likely N-dealkylation sites (tertiary alicyclic amines) is 1. The Hall–Kier alpha value is -0.170. The fraction of sp³-hybridized carbons (Fsp3) is 1.00. The summed E-state index contributed by atoms with van der Waals surface area (Å²) in [6.07, 6.45) is 6.54. The van der Waals surface area contributed by atoms with Gasteiger partial charge in [-0.05, 0) is 58.7 Å². The molecule has 2 fully saturated rings. The highest BCUT2D eigenvalue weighted by Gasteiger charge is 2.26. The Bertz CT molecular complexity index is 380. The van der Waals surface area contributed by atoms with E-state index in [2.05, 4.69) is 21.9 Å². The van der Waals surface area contributed by atoms with Crippen molar-refractivity contribution in [3.8, 4) is 0 Å². The third kappa shape index (κ3) is 4.69. The van der Waals surface area contributed by atoms with Crippen molar-refractivity contribution >= 4 is 10.0 Å². The fourth-order valence-electron chi connectivity index (χ4n) is 3.19. The van der Waals surface area contributed by atoms with Gasteiger partial charge in [0.2, 0.25) is 10.0 Å². The molecule has 0 amide bonds. The van der Waals surface area contributed by atoms with E-state index in [4.69, 9.17) is 0 Å². The summed E-state index contributed by atoms with van der Waals surface area (Å²) in [6, 6.07) is 0.655. The van der Waals surface area contributed by atoms with E-state index in [1.165, 1.54) is 25.8 Å². The minimum absolute atomic E-state index is 0.245. The molecule has 2 N–H and O–H groups in total. The Morgan fingerprint density at radius 2 is 2.10 bits per heavy atom. The van der Waals surface area contributed by atoms with Crippen molar-refractivity contribution in [2.45, 2.75) is 56.7 Å². The van der Waals surface area contributed by atoms with Crippen molar-refractivity contribution in [2.75, 3.05) is 32.7 Å². The SMILES string of the molecule is CC1CCCCN1CCCNS(=O)(=O)C1CCCNC1. The van der Waals surface area contributed by atoms with Crippen molar-refractivity contribution in [3.63, 3.8) is 0 Å². The first-order chi connectivity index (χ1) is 9.59. The van der Waals surface area contributed by atoms with Crippen LogP contribution in [-0.4, -0.2) is 57.3 Å². The monoisotopic (exact) mass is 303 g/mol. The molecule has 0 aromatic heterocycles. The molecule has 0 aromatic rings. The zero-order chi connectivity index (χ0) is 14.4. The Balaban J connectivity index is 1.66. The fourth-order valence-corrected chi connectivity index (χ4v) is 4.67. The van der Waals surface area contributed by atoms with Crippen LogP contribution in [0.1, 0.15) is 45.4 Å². The molecule has 2 atom stereocenters. The van der Waals surface area contributed by atoms with Gasteiger partial charge in [0.15, 0.2) is 0 Å². The van der Waals surface area contributed by atoms with Gasteiger partial charge in [0.25, 0.3) is 0 Å². The van der Waals surface area contributed by atoms with Crippen LogP contribution in [0.25, 0.3) is 0 Å². The van der Waals surface area contributed by atoms with Crippen molar-refractivity contribution in [1.82, 2.24) is 14.9 Å². The second-order valence-corrected chi connectivity index (χ2v) is 8.19. The van der Waals surface area contributed by atoms with Crippen molar-refractivity contribution in [3.05, 3.63) is 0 Å². The van der Waals surface area contributed by atoms with Gasteiger partial charge in [-0.2, -0.15) is 0 Å². The normalized spacial score (nSPS) is 29.4. The zero-order valence-electron chi connectivity index (χ0n) is 12.6. The third-order valence-electron chi connectivity index (χ3n) is 4.56. The van der Waals surface area contributed by atoms with Crippen LogP contribution in [0.15, 0.2) is 0 Å². The Labute approximate surface area is 123 Å². The van der Waals surface area contributed by atoms with Gasteiger partial charge in [0.1, 0.15) is 0 Å². The predicted octanol–water partition coefficient (Wildman–Crippen LogP) is 0.922. The van der Waals surface area contributed by atoms with E-state index in [1.54, 1.807) is 0 Å².